The number of hydrogen-bond donors (Lipinski definition) is 4. The molecule has 1 fully saturated rings. The molecule has 0 bridgehead atoms. The van der Waals surface area contributed by atoms with E-state index in [9.17, 15) is 4.79 Å². The van der Waals surface area contributed by atoms with Crippen LogP contribution in [0.25, 0.3) is 11.2 Å². The third-order valence-corrected chi connectivity index (χ3v) is 3.18. The quantitative estimate of drug-likeness (QED) is 0.602. The fourth-order valence-electron chi connectivity index (χ4n) is 1.95. The largest absolute Gasteiger partial charge is 0.359 e. The van der Waals surface area contributed by atoms with Crippen molar-refractivity contribution in [3.8, 4) is 0 Å². The number of nitrogens with zero attached hydrogens (tertiary/aromatic N) is 3. The molecule has 2 aromatic rings. The van der Waals surface area contributed by atoms with Gasteiger partial charge in [-0.1, -0.05) is 6.92 Å². The monoisotopic (exact) mass is 289 g/mol. The van der Waals surface area contributed by atoms with Crippen LogP contribution in [0.5, 0.6) is 0 Å². The first-order valence-electron chi connectivity index (χ1n) is 7.24. The van der Waals surface area contributed by atoms with E-state index in [-0.39, 0.29) is 12.5 Å². The Morgan fingerprint density at radius 3 is 3.00 bits per heavy atom. The highest BCUT2D eigenvalue weighted by molar-refractivity contribution is 5.87. The number of amides is 1. The molecule has 3 rings (SSSR count). The van der Waals surface area contributed by atoms with Crippen LogP contribution in [0, 0.1) is 0 Å². The average Bonchev–Trinajstić information content (AvgIpc) is 3.16. The number of nitrogens with one attached hydrogen (secondary N) is 4. The number of H-pyrrole nitrogens is 1. The summed E-state index contributed by atoms with van der Waals surface area (Å²) in [6.07, 6.45) is 4.71. The number of aromatic amines is 1. The number of rotatable bonds is 7. The Morgan fingerprint density at radius 2 is 2.24 bits per heavy atom. The Kier molecular flexibility index (Phi) is 3.85. The molecule has 0 unspecified atom stereocenters. The van der Waals surface area contributed by atoms with Gasteiger partial charge in [0, 0.05) is 12.6 Å². The summed E-state index contributed by atoms with van der Waals surface area (Å²) < 4.78 is 0. The van der Waals surface area contributed by atoms with Crippen molar-refractivity contribution < 1.29 is 4.79 Å². The summed E-state index contributed by atoms with van der Waals surface area (Å²) in [5.74, 6) is 1.08. The first kappa shape index (κ1) is 13.6. The lowest BCUT2D eigenvalue weighted by molar-refractivity contribution is -0.119. The van der Waals surface area contributed by atoms with E-state index < -0.39 is 0 Å². The summed E-state index contributed by atoms with van der Waals surface area (Å²) in [6.45, 7) is 3.05. The van der Waals surface area contributed by atoms with Crippen LogP contribution in [0.3, 0.4) is 0 Å². The number of imidazole rings is 1. The van der Waals surface area contributed by atoms with Crippen molar-refractivity contribution in [2.24, 2.45) is 0 Å². The predicted octanol–water partition coefficient (Wildman–Crippen LogP) is 0.865. The van der Waals surface area contributed by atoms with Crippen LogP contribution in [0.1, 0.15) is 26.2 Å². The number of anilines is 2. The smallest absolute Gasteiger partial charge is 0.239 e. The van der Waals surface area contributed by atoms with E-state index in [4.69, 9.17) is 0 Å². The molecule has 112 valence electrons. The first-order chi connectivity index (χ1) is 10.3. The normalized spacial score (nSPS) is 14.1. The molecule has 0 atom stereocenters. The summed E-state index contributed by atoms with van der Waals surface area (Å²) in [6, 6.07) is 0.360. The minimum Gasteiger partial charge on any atom is -0.359 e. The van der Waals surface area contributed by atoms with Crippen LogP contribution in [0.2, 0.25) is 0 Å². The molecule has 0 aromatic carbocycles. The zero-order chi connectivity index (χ0) is 14.7. The Balaban J connectivity index is 1.72. The zero-order valence-corrected chi connectivity index (χ0v) is 11.9. The van der Waals surface area contributed by atoms with Gasteiger partial charge in [-0.3, -0.25) is 4.79 Å². The number of carbonyl (C=O) groups is 1. The molecule has 0 spiro atoms. The van der Waals surface area contributed by atoms with E-state index in [1.54, 1.807) is 6.33 Å². The highest BCUT2D eigenvalue weighted by Gasteiger charge is 2.23. The van der Waals surface area contributed by atoms with Crippen molar-refractivity contribution in [1.29, 1.82) is 0 Å². The van der Waals surface area contributed by atoms with Gasteiger partial charge in [-0.25, -0.2) is 4.98 Å². The third kappa shape index (κ3) is 3.39. The van der Waals surface area contributed by atoms with Gasteiger partial charge in [-0.2, -0.15) is 9.97 Å². The van der Waals surface area contributed by atoms with E-state index in [1.807, 2.05) is 0 Å². The van der Waals surface area contributed by atoms with Crippen molar-refractivity contribution >= 4 is 28.8 Å². The molecule has 1 amide bonds. The van der Waals surface area contributed by atoms with Crippen molar-refractivity contribution in [3.63, 3.8) is 0 Å². The van der Waals surface area contributed by atoms with Gasteiger partial charge in [0.2, 0.25) is 11.9 Å². The molecule has 0 saturated heterocycles. The highest BCUT2D eigenvalue weighted by Crippen LogP contribution is 2.19. The summed E-state index contributed by atoms with van der Waals surface area (Å²) in [7, 11) is 0. The minimum absolute atomic E-state index is 0.0214. The van der Waals surface area contributed by atoms with Crippen LogP contribution in [0.4, 0.5) is 11.8 Å². The van der Waals surface area contributed by atoms with Crippen LogP contribution in [-0.2, 0) is 4.79 Å². The number of fused-ring (bicyclic) bond motifs is 1. The molecule has 21 heavy (non-hydrogen) atoms. The second-order valence-electron chi connectivity index (χ2n) is 5.12. The Labute approximate surface area is 122 Å². The van der Waals surface area contributed by atoms with E-state index in [0.717, 1.165) is 25.8 Å². The van der Waals surface area contributed by atoms with Gasteiger partial charge in [-0.05, 0) is 19.3 Å². The third-order valence-electron chi connectivity index (χ3n) is 3.18. The summed E-state index contributed by atoms with van der Waals surface area (Å²) in [4.78, 5) is 27.6. The Hall–Kier alpha value is -2.38. The molecule has 0 aliphatic heterocycles. The summed E-state index contributed by atoms with van der Waals surface area (Å²) in [5, 5.41) is 9.11. The van der Waals surface area contributed by atoms with Gasteiger partial charge < -0.3 is 20.9 Å². The van der Waals surface area contributed by atoms with Crippen molar-refractivity contribution in [1.82, 2.24) is 25.3 Å². The second kappa shape index (κ2) is 5.94. The average molecular weight is 289 g/mol. The molecule has 0 radical (unpaired) electrons. The van der Waals surface area contributed by atoms with Crippen LogP contribution in [-0.4, -0.2) is 45.0 Å². The summed E-state index contributed by atoms with van der Waals surface area (Å²) >= 11 is 0. The number of carbonyl (C=O) groups excluding carboxylic acids is 1. The van der Waals surface area contributed by atoms with Crippen molar-refractivity contribution in [2.75, 3.05) is 23.7 Å². The van der Waals surface area contributed by atoms with Crippen molar-refractivity contribution in [2.45, 2.75) is 32.2 Å². The van der Waals surface area contributed by atoms with Gasteiger partial charge in [0.05, 0.1) is 12.9 Å². The second-order valence-corrected chi connectivity index (χ2v) is 5.12. The summed E-state index contributed by atoms with van der Waals surface area (Å²) in [5.41, 5.74) is 1.28. The number of aromatic nitrogens is 4. The molecule has 2 aromatic heterocycles. The van der Waals surface area contributed by atoms with Gasteiger partial charge >= 0.3 is 0 Å². The van der Waals surface area contributed by atoms with Crippen LogP contribution in [0.15, 0.2) is 6.33 Å². The standard InChI is InChI=1S/C13H19N7O/c1-2-5-14-13-19-11(10-12(20-13)17-7-16-10)15-6-9(21)18-8-3-4-8/h7-8H,2-6H2,1H3,(H,18,21)(H3,14,15,16,17,19,20). The zero-order valence-electron chi connectivity index (χ0n) is 11.9. The minimum atomic E-state index is -0.0214. The fourth-order valence-corrected chi connectivity index (χ4v) is 1.95. The maximum Gasteiger partial charge on any atom is 0.239 e. The molecule has 1 aliphatic rings. The SMILES string of the molecule is CCCNc1nc(NCC(=O)NC2CC2)c2[nH]cnc2n1. The van der Waals surface area contributed by atoms with Gasteiger partial charge in [0.25, 0.3) is 0 Å². The van der Waals surface area contributed by atoms with E-state index >= 15 is 0 Å². The molecule has 1 saturated carbocycles. The lowest BCUT2D eigenvalue weighted by Gasteiger charge is -2.09. The maximum atomic E-state index is 11.7. The molecule has 8 nitrogen and oxygen atoms in total. The molecule has 8 heteroatoms. The molecule has 4 N–H and O–H groups in total. The van der Waals surface area contributed by atoms with E-state index in [2.05, 4.69) is 42.8 Å². The van der Waals surface area contributed by atoms with Gasteiger partial charge in [0.1, 0.15) is 5.52 Å². The van der Waals surface area contributed by atoms with Crippen LogP contribution >= 0.6 is 0 Å². The predicted molar refractivity (Wildman–Crippen MR) is 80.1 cm³/mol. The fraction of sp³-hybridized carbons (Fsp3) is 0.538. The Morgan fingerprint density at radius 1 is 1.38 bits per heavy atom. The van der Waals surface area contributed by atoms with Crippen LogP contribution < -0.4 is 16.0 Å². The molecular formula is C13H19N7O. The lowest BCUT2D eigenvalue weighted by atomic mass is 10.4. The molecule has 1 aliphatic carbocycles. The highest BCUT2D eigenvalue weighted by atomic mass is 16.2. The van der Waals surface area contributed by atoms with Gasteiger partial charge in [0.15, 0.2) is 11.5 Å². The van der Waals surface area contributed by atoms with E-state index in [1.165, 1.54) is 0 Å². The number of hydrogen-bond acceptors (Lipinski definition) is 6. The molecule has 2 heterocycles. The van der Waals surface area contributed by atoms with Gasteiger partial charge in [-0.15, -0.1) is 0 Å². The Bertz CT molecular complexity index is 634. The van der Waals surface area contributed by atoms with Crippen molar-refractivity contribution in [3.05, 3.63) is 6.33 Å². The lowest BCUT2D eigenvalue weighted by Crippen LogP contribution is -2.31. The van der Waals surface area contributed by atoms with E-state index in [0.29, 0.717) is 29.0 Å². The first-order valence-corrected chi connectivity index (χ1v) is 7.24. The molecular weight excluding hydrogens is 270 g/mol. The topological polar surface area (TPSA) is 108 Å². The maximum absolute atomic E-state index is 11.7.